The summed E-state index contributed by atoms with van der Waals surface area (Å²) in [5, 5.41) is 43.7. The zero-order chi connectivity index (χ0) is 25.1. The van der Waals surface area contributed by atoms with E-state index in [1.54, 1.807) is 13.0 Å². The van der Waals surface area contributed by atoms with E-state index in [9.17, 15) is 39.6 Å². The summed E-state index contributed by atoms with van der Waals surface area (Å²) in [6.07, 6.45) is 0.930. The molecule has 4 rings (SSSR count). The standard InChI is InChI=1S/C24H26N2O8/c1-3-26(9-27)8-11-4-5-15(28)17-13(11)6-12-7-14-10(2)19(29)18(23(25)33)22(32)24(14,34)21(31)16(12)20(17)30/h4-5,9-10,12,14,28,30,32,34H,3,6-8H2,1-2H3,(H2,25,33)/t10-,12?,14?,24-/m0/s1. The fraction of sp³-hybridized carbons (Fsp3) is 0.417. The molecule has 1 saturated carbocycles. The number of aliphatic hydroxyl groups excluding tert-OH is 2. The van der Waals surface area contributed by atoms with Gasteiger partial charge in [-0.2, -0.15) is 0 Å². The van der Waals surface area contributed by atoms with Gasteiger partial charge in [0.05, 0.1) is 5.56 Å². The van der Waals surface area contributed by atoms with Gasteiger partial charge in [-0.3, -0.25) is 19.2 Å². The number of nitrogens with two attached hydrogens (primary N) is 1. The number of fused-ring (bicyclic) bond motifs is 3. The summed E-state index contributed by atoms with van der Waals surface area (Å²) >= 11 is 0. The van der Waals surface area contributed by atoms with E-state index in [-0.39, 0.29) is 36.3 Å². The highest BCUT2D eigenvalue weighted by Gasteiger charge is 2.62. The lowest BCUT2D eigenvalue weighted by Crippen LogP contribution is -2.61. The van der Waals surface area contributed by atoms with Crippen LogP contribution in [0.4, 0.5) is 0 Å². The lowest BCUT2D eigenvalue weighted by atomic mass is 9.56. The van der Waals surface area contributed by atoms with Crippen molar-refractivity contribution in [3.05, 3.63) is 45.7 Å². The molecule has 0 saturated heterocycles. The van der Waals surface area contributed by atoms with Crippen LogP contribution in [0.3, 0.4) is 0 Å². The van der Waals surface area contributed by atoms with Crippen LogP contribution in [0.15, 0.2) is 29.0 Å². The normalized spacial score (nSPS) is 28.3. The van der Waals surface area contributed by atoms with Crippen molar-refractivity contribution in [1.29, 1.82) is 0 Å². The van der Waals surface area contributed by atoms with Crippen molar-refractivity contribution in [2.45, 2.75) is 38.8 Å². The number of hydrogen-bond acceptors (Lipinski definition) is 8. The summed E-state index contributed by atoms with van der Waals surface area (Å²) in [7, 11) is 0. The highest BCUT2D eigenvalue weighted by atomic mass is 16.3. The van der Waals surface area contributed by atoms with Gasteiger partial charge in [-0.25, -0.2) is 0 Å². The first kappa shape index (κ1) is 23.5. The molecule has 10 heteroatoms. The number of phenols is 1. The number of carbonyl (C=O) groups is 4. The number of amides is 2. The number of aromatic hydroxyl groups is 1. The van der Waals surface area contributed by atoms with E-state index in [4.69, 9.17) is 5.73 Å². The molecule has 0 aliphatic heterocycles. The van der Waals surface area contributed by atoms with Crippen molar-refractivity contribution in [1.82, 2.24) is 4.90 Å². The van der Waals surface area contributed by atoms with Crippen LogP contribution in [-0.4, -0.2) is 61.4 Å². The first-order chi connectivity index (χ1) is 16.0. The van der Waals surface area contributed by atoms with Gasteiger partial charge in [0, 0.05) is 30.5 Å². The minimum absolute atomic E-state index is 0.0135. The Balaban J connectivity index is 1.91. The summed E-state index contributed by atoms with van der Waals surface area (Å²) in [4.78, 5) is 50.9. The van der Waals surface area contributed by atoms with Gasteiger partial charge in [0.2, 0.25) is 12.2 Å². The Morgan fingerprint density at radius 1 is 1.26 bits per heavy atom. The minimum atomic E-state index is -2.61. The predicted molar refractivity (Wildman–Crippen MR) is 118 cm³/mol. The molecule has 10 nitrogen and oxygen atoms in total. The lowest BCUT2D eigenvalue weighted by Gasteiger charge is -2.48. The molecule has 0 heterocycles. The maximum absolute atomic E-state index is 13.6. The molecule has 1 fully saturated rings. The number of Topliss-reactive ketones (excluding diaryl/α,β-unsaturated/α-hetero) is 2. The van der Waals surface area contributed by atoms with E-state index in [0.29, 0.717) is 24.1 Å². The SMILES string of the molecule is CCN(C=O)Cc1ccc(O)c2c1CC1CC3[C@H](C)C(=O)C(C(N)=O)=C(O)[C@@]3(O)C(=O)C1=C2O. The Labute approximate surface area is 195 Å². The molecule has 1 aromatic carbocycles. The fourth-order valence-electron chi connectivity index (χ4n) is 5.59. The minimum Gasteiger partial charge on any atom is -0.508 e. The van der Waals surface area contributed by atoms with Crippen LogP contribution in [0.2, 0.25) is 0 Å². The predicted octanol–water partition coefficient (Wildman–Crippen LogP) is 0.648. The van der Waals surface area contributed by atoms with E-state index >= 15 is 0 Å². The Kier molecular flexibility index (Phi) is 5.52. The second-order valence-electron chi connectivity index (χ2n) is 9.11. The topological polar surface area (TPSA) is 178 Å². The Morgan fingerprint density at radius 3 is 2.53 bits per heavy atom. The summed E-state index contributed by atoms with van der Waals surface area (Å²) in [6.45, 7) is 3.92. The van der Waals surface area contributed by atoms with Gasteiger partial charge in [-0.05, 0) is 42.9 Å². The molecule has 6 N–H and O–H groups in total. The van der Waals surface area contributed by atoms with Crippen LogP contribution in [0.25, 0.3) is 5.76 Å². The molecule has 2 unspecified atom stereocenters. The van der Waals surface area contributed by atoms with E-state index < -0.39 is 57.9 Å². The van der Waals surface area contributed by atoms with E-state index in [1.807, 2.05) is 0 Å². The number of nitrogens with zero attached hydrogens (tertiary/aromatic N) is 1. The largest absolute Gasteiger partial charge is 0.508 e. The lowest BCUT2D eigenvalue weighted by molar-refractivity contribution is -0.152. The third-order valence-electron chi connectivity index (χ3n) is 7.44. The van der Waals surface area contributed by atoms with Crippen LogP contribution < -0.4 is 5.73 Å². The molecular formula is C24H26N2O8. The second kappa shape index (κ2) is 7.98. The number of rotatable bonds is 5. The van der Waals surface area contributed by atoms with Gasteiger partial charge in [0.1, 0.15) is 22.8 Å². The number of ketones is 2. The molecular weight excluding hydrogens is 444 g/mol. The van der Waals surface area contributed by atoms with Crippen molar-refractivity contribution in [2.75, 3.05) is 6.54 Å². The maximum atomic E-state index is 13.6. The first-order valence-corrected chi connectivity index (χ1v) is 11.0. The van der Waals surface area contributed by atoms with Crippen molar-refractivity contribution in [3.8, 4) is 5.75 Å². The molecule has 0 bridgehead atoms. The molecule has 180 valence electrons. The van der Waals surface area contributed by atoms with Crippen molar-refractivity contribution in [3.63, 3.8) is 0 Å². The highest BCUT2D eigenvalue weighted by Crippen LogP contribution is 2.53. The Morgan fingerprint density at radius 2 is 1.94 bits per heavy atom. The van der Waals surface area contributed by atoms with Crippen LogP contribution in [0.5, 0.6) is 5.75 Å². The Hall–Kier alpha value is -3.66. The highest BCUT2D eigenvalue weighted by molar-refractivity contribution is 6.23. The molecule has 4 atom stereocenters. The maximum Gasteiger partial charge on any atom is 0.255 e. The van der Waals surface area contributed by atoms with Gasteiger partial charge in [-0.15, -0.1) is 0 Å². The molecule has 1 aromatic rings. The van der Waals surface area contributed by atoms with Crippen LogP contribution >= 0.6 is 0 Å². The van der Waals surface area contributed by atoms with Crippen LogP contribution in [-0.2, 0) is 32.1 Å². The van der Waals surface area contributed by atoms with Crippen molar-refractivity contribution in [2.24, 2.45) is 23.5 Å². The van der Waals surface area contributed by atoms with Crippen molar-refractivity contribution < 1.29 is 39.6 Å². The van der Waals surface area contributed by atoms with E-state index in [2.05, 4.69) is 0 Å². The quantitative estimate of drug-likeness (QED) is 0.307. The molecule has 3 aliphatic rings. The summed E-state index contributed by atoms with van der Waals surface area (Å²) in [5.74, 6) is -7.68. The third kappa shape index (κ3) is 3.05. The smallest absolute Gasteiger partial charge is 0.255 e. The average molecular weight is 470 g/mol. The molecule has 2 amide bonds. The molecule has 0 spiro atoms. The monoisotopic (exact) mass is 470 g/mol. The van der Waals surface area contributed by atoms with Gasteiger partial charge in [0.25, 0.3) is 5.91 Å². The summed E-state index contributed by atoms with van der Waals surface area (Å²) in [5.41, 5.74) is 2.84. The summed E-state index contributed by atoms with van der Waals surface area (Å²) < 4.78 is 0. The number of aliphatic hydroxyl groups is 3. The number of phenolic OH excluding ortho intramolecular Hbond substituents is 1. The van der Waals surface area contributed by atoms with Gasteiger partial charge >= 0.3 is 0 Å². The Bertz CT molecular complexity index is 1200. The molecule has 0 aromatic heterocycles. The van der Waals surface area contributed by atoms with Crippen LogP contribution in [0, 0.1) is 17.8 Å². The number of primary amides is 1. The van der Waals surface area contributed by atoms with Crippen LogP contribution in [0.1, 0.15) is 37.0 Å². The molecule has 34 heavy (non-hydrogen) atoms. The zero-order valence-electron chi connectivity index (χ0n) is 18.7. The molecule has 3 aliphatic carbocycles. The zero-order valence-corrected chi connectivity index (χ0v) is 18.7. The van der Waals surface area contributed by atoms with E-state index in [1.165, 1.54) is 17.9 Å². The first-order valence-electron chi connectivity index (χ1n) is 11.0. The number of benzene rings is 1. The number of carbonyl (C=O) groups excluding carboxylic acids is 4. The molecule has 0 radical (unpaired) electrons. The number of hydrogen-bond donors (Lipinski definition) is 5. The second-order valence-corrected chi connectivity index (χ2v) is 9.11. The average Bonchev–Trinajstić information content (AvgIpc) is 2.79. The third-order valence-corrected chi connectivity index (χ3v) is 7.44. The van der Waals surface area contributed by atoms with Gasteiger partial charge < -0.3 is 31.1 Å². The van der Waals surface area contributed by atoms with Crippen molar-refractivity contribution >= 4 is 29.6 Å². The van der Waals surface area contributed by atoms with Gasteiger partial charge in [0.15, 0.2) is 11.4 Å². The van der Waals surface area contributed by atoms with E-state index in [0.717, 1.165) is 0 Å². The van der Waals surface area contributed by atoms with Gasteiger partial charge in [-0.1, -0.05) is 13.0 Å². The fourth-order valence-corrected chi connectivity index (χ4v) is 5.59. The summed E-state index contributed by atoms with van der Waals surface area (Å²) in [6, 6.07) is 2.98.